The van der Waals surface area contributed by atoms with E-state index in [1.165, 1.54) is 4.90 Å². The lowest BCUT2D eigenvalue weighted by Crippen LogP contribution is -2.32. The lowest BCUT2D eigenvalue weighted by Gasteiger charge is -2.17. The van der Waals surface area contributed by atoms with Crippen LogP contribution in [0, 0.1) is 6.92 Å². The van der Waals surface area contributed by atoms with Crippen LogP contribution in [0.15, 0.2) is 78.5 Å². The predicted octanol–water partition coefficient (Wildman–Crippen LogP) is 4.79. The van der Waals surface area contributed by atoms with Crippen LogP contribution >= 0.6 is 0 Å². The third kappa shape index (κ3) is 4.60. The molecule has 33 heavy (non-hydrogen) atoms. The van der Waals surface area contributed by atoms with Gasteiger partial charge in [0.05, 0.1) is 25.8 Å². The molecule has 0 saturated heterocycles. The zero-order valence-corrected chi connectivity index (χ0v) is 18.9. The molecule has 4 rings (SSSR count). The molecule has 0 spiro atoms. The summed E-state index contributed by atoms with van der Waals surface area (Å²) in [4.78, 5) is 28.3. The van der Waals surface area contributed by atoms with Crippen molar-refractivity contribution in [2.24, 2.45) is 0 Å². The van der Waals surface area contributed by atoms with Gasteiger partial charge in [-0.05, 0) is 37.6 Å². The minimum absolute atomic E-state index is 0.112. The molecule has 6 nitrogen and oxygen atoms in total. The highest BCUT2D eigenvalue weighted by Crippen LogP contribution is 2.33. The zero-order valence-electron chi connectivity index (χ0n) is 18.9. The van der Waals surface area contributed by atoms with Gasteiger partial charge in [-0.3, -0.25) is 14.5 Å². The summed E-state index contributed by atoms with van der Waals surface area (Å²) in [5, 5.41) is 3.18. The Hall–Kier alpha value is -4.06. The number of aryl methyl sites for hydroxylation is 1. The van der Waals surface area contributed by atoms with Gasteiger partial charge < -0.3 is 14.8 Å². The maximum Gasteiger partial charge on any atom is 0.278 e. The van der Waals surface area contributed by atoms with Crippen molar-refractivity contribution in [1.29, 1.82) is 0 Å². The van der Waals surface area contributed by atoms with E-state index in [1.54, 1.807) is 7.11 Å². The topological polar surface area (TPSA) is 67.9 Å². The van der Waals surface area contributed by atoms with E-state index in [1.807, 2.05) is 86.6 Å². The summed E-state index contributed by atoms with van der Waals surface area (Å²) in [6.45, 7) is 4.53. The average Bonchev–Trinajstić information content (AvgIpc) is 3.05. The number of imide groups is 1. The van der Waals surface area contributed by atoms with Crippen LogP contribution in [0.25, 0.3) is 5.57 Å². The number of ether oxygens (including phenoxy) is 2. The first-order valence-corrected chi connectivity index (χ1v) is 10.8. The van der Waals surface area contributed by atoms with Gasteiger partial charge in [-0.2, -0.15) is 0 Å². The highest BCUT2D eigenvalue weighted by molar-refractivity contribution is 6.36. The van der Waals surface area contributed by atoms with Gasteiger partial charge in [-0.25, -0.2) is 0 Å². The smallest absolute Gasteiger partial charge is 0.278 e. The maximum absolute atomic E-state index is 13.5. The molecule has 0 radical (unpaired) electrons. The first kappa shape index (κ1) is 22.1. The second-order valence-electron chi connectivity index (χ2n) is 7.71. The number of rotatable bonds is 8. The Morgan fingerprint density at radius 3 is 2.39 bits per heavy atom. The molecule has 0 unspecified atom stereocenters. The van der Waals surface area contributed by atoms with Gasteiger partial charge in [0.1, 0.15) is 17.2 Å². The molecule has 0 saturated carbocycles. The van der Waals surface area contributed by atoms with Gasteiger partial charge in [-0.15, -0.1) is 0 Å². The van der Waals surface area contributed by atoms with E-state index in [4.69, 9.17) is 9.47 Å². The van der Waals surface area contributed by atoms with Crippen molar-refractivity contribution in [3.63, 3.8) is 0 Å². The fourth-order valence-corrected chi connectivity index (χ4v) is 3.80. The van der Waals surface area contributed by atoms with Crippen molar-refractivity contribution in [3.05, 3.63) is 95.2 Å². The molecular formula is C27H26N2O4. The Bertz CT molecular complexity index is 1210. The summed E-state index contributed by atoms with van der Waals surface area (Å²) in [5.74, 6) is 0.574. The Kier molecular flexibility index (Phi) is 6.45. The van der Waals surface area contributed by atoms with E-state index in [0.717, 1.165) is 11.1 Å². The number of hydrogen-bond donors (Lipinski definition) is 1. The molecule has 1 aliphatic rings. The molecule has 1 aliphatic heterocycles. The lowest BCUT2D eigenvalue weighted by molar-refractivity contribution is -0.137. The number of hydrogen-bond acceptors (Lipinski definition) is 5. The summed E-state index contributed by atoms with van der Waals surface area (Å²) in [5.41, 5.74) is 3.76. The number of anilines is 1. The molecule has 0 atom stereocenters. The molecule has 0 fully saturated rings. The number of benzene rings is 3. The van der Waals surface area contributed by atoms with Crippen molar-refractivity contribution in [2.75, 3.05) is 19.0 Å². The first-order valence-electron chi connectivity index (χ1n) is 10.8. The lowest BCUT2D eigenvalue weighted by atomic mass is 10.0. The number of nitrogens with one attached hydrogen (secondary N) is 1. The monoisotopic (exact) mass is 442 g/mol. The van der Waals surface area contributed by atoms with E-state index in [2.05, 4.69) is 5.32 Å². The predicted molar refractivity (Wildman–Crippen MR) is 128 cm³/mol. The maximum atomic E-state index is 13.5. The third-order valence-corrected chi connectivity index (χ3v) is 5.44. The van der Waals surface area contributed by atoms with Crippen LogP contribution in [-0.2, 0) is 16.1 Å². The van der Waals surface area contributed by atoms with Gasteiger partial charge in [0, 0.05) is 17.3 Å². The minimum atomic E-state index is -0.386. The van der Waals surface area contributed by atoms with Gasteiger partial charge >= 0.3 is 0 Å². The van der Waals surface area contributed by atoms with Crippen LogP contribution in [0.5, 0.6) is 11.5 Å². The Morgan fingerprint density at radius 2 is 1.67 bits per heavy atom. The fourth-order valence-electron chi connectivity index (χ4n) is 3.80. The molecule has 6 heteroatoms. The van der Waals surface area contributed by atoms with Crippen LogP contribution < -0.4 is 14.8 Å². The van der Waals surface area contributed by atoms with E-state index >= 15 is 0 Å². The summed E-state index contributed by atoms with van der Waals surface area (Å²) in [6.07, 6.45) is 0. The quantitative estimate of drug-likeness (QED) is 0.508. The van der Waals surface area contributed by atoms with Crippen molar-refractivity contribution in [3.8, 4) is 11.5 Å². The largest absolute Gasteiger partial charge is 0.496 e. The minimum Gasteiger partial charge on any atom is -0.496 e. The molecule has 3 aromatic carbocycles. The average molecular weight is 443 g/mol. The standard InChI is InChI=1S/C27H26N2O4/c1-4-33-22-10-7-9-21(16-22)28-25-24(19-14-12-18(2)13-15-19)26(30)29(27(25)31)17-20-8-5-6-11-23(20)32-3/h5-16,28H,4,17H2,1-3H3. The first-order chi connectivity index (χ1) is 16.0. The fraction of sp³-hybridized carbons (Fsp3) is 0.185. The Labute approximate surface area is 193 Å². The summed E-state index contributed by atoms with van der Waals surface area (Å²) in [6, 6.07) is 22.3. The third-order valence-electron chi connectivity index (χ3n) is 5.44. The highest BCUT2D eigenvalue weighted by Gasteiger charge is 2.39. The number of carbonyl (C=O) groups excluding carboxylic acids is 2. The van der Waals surface area contributed by atoms with Gasteiger partial charge in [0.2, 0.25) is 0 Å². The van der Waals surface area contributed by atoms with Crippen molar-refractivity contribution < 1.29 is 19.1 Å². The van der Waals surface area contributed by atoms with Crippen LogP contribution in [0.1, 0.15) is 23.6 Å². The van der Waals surface area contributed by atoms with Crippen molar-refractivity contribution in [2.45, 2.75) is 20.4 Å². The molecule has 3 aromatic rings. The van der Waals surface area contributed by atoms with Crippen LogP contribution in [0.3, 0.4) is 0 Å². The SMILES string of the molecule is CCOc1cccc(NC2=C(c3ccc(C)cc3)C(=O)N(Cc3ccccc3OC)C2=O)c1. The molecule has 0 aromatic heterocycles. The van der Waals surface area contributed by atoms with Crippen molar-refractivity contribution in [1.82, 2.24) is 4.90 Å². The number of para-hydroxylation sites is 1. The Balaban J connectivity index is 1.73. The molecular weight excluding hydrogens is 416 g/mol. The van der Waals surface area contributed by atoms with E-state index in [-0.39, 0.29) is 24.1 Å². The van der Waals surface area contributed by atoms with E-state index in [9.17, 15) is 9.59 Å². The number of amides is 2. The number of carbonyl (C=O) groups is 2. The zero-order chi connectivity index (χ0) is 23.4. The van der Waals surface area contributed by atoms with Gasteiger partial charge in [0.25, 0.3) is 11.8 Å². The molecule has 1 heterocycles. The normalized spacial score (nSPS) is 13.5. The molecule has 0 bridgehead atoms. The summed E-state index contributed by atoms with van der Waals surface area (Å²) in [7, 11) is 1.57. The van der Waals surface area contributed by atoms with E-state index in [0.29, 0.717) is 34.9 Å². The van der Waals surface area contributed by atoms with E-state index < -0.39 is 0 Å². The number of nitrogens with zero attached hydrogens (tertiary/aromatic N) is 1. The second-order valence-corrected chi connectivity index (χ2v) is 7.71. The van der Waals surface area contributed by atoms with Crippen LogP contribution in [0.4, 0.5) is 5.69 Å². The van der Waals surface area contributed by atoms with Crippen LogP contribution in [-0.4, -0.2) is 30.4 Å². The van der Waals surface area contributed by atoms with Gasteiger partial charge in [0.15, 0.2) is 0 Å². The highest BCUT2D eigenvalue weighted by atomic mass is 16.5. The molecule has 168 valence electrons. The number of methoxy groups -OCH3 is 1. The molecule has 2 amide bonds. The van der Waals surface area contributed by atoms with Crippen LogP contribution in [0.2, 0.25) is 0 Å². The molecule has 0 aliphatic carbocycles. The van der Waals surface area contributed by atoms with Gasteiger partial charge in [-0.1, -0.05) is 54.1 Å². The molecule has 1 N–H and O–H groups in total. The van der Waals surface area contributed by atoms with Crippen molar-refractivity contribution >= 4 is 23.1 Å². The summed E-state index contributed by atoms with van der Waals surface area (Å²) < 4.78 is 11.0. The Morgan fingerprint density at radius 1 is 0.909 bits per heavy atom. The summed E-state index contributed by atoms with van der Waals surface area (Å²) >= 11 is 0. The second kappa shape index (κ2) is 9.61.